The number of fused-ring (bicyclic) bond motifs is 1. The SMILES string of the molecule is COC(=O)N1CC(C)c2c(Cl)cc(Cl)nc21. The van der Waals surface area contributed by atoms with E-state index in [0.717, 1.165) is 5.56 Å². The summed E-state index contributed by atoms with van der Waals surface area (Å²) in [5.41, 5.74) is 0.844. The number of hydrogen-bond acceptors (Lipinski definition) is 3. The Bertz CT molecular complexity index is 451. The molecule has 2 heterocycles. The number of ether oxygens (including phenoxy) is 1. The Morgan fingerprint density at radius 3 is 2.94 bits per heavy atom. The molecule has 1 aliphatic heterocycles. The normalized spacial score (nSPS) is 18.5. The molecule has 0 bridgehead atoms. The van der Waals surface area contributed by atoms with E-state index in [1.807, 2.05) is 6.92 Å². The number of anilines is 1. The van der Waals surface area contributed by atoms with Gasteiger partial charge in [0.2, 0.25) is 0 Å². The molecule has 1 unspecified atom stereocenters. The quantitative estimate of drug-likeness (QED) is 0.674. The second-order valence-electron chi connectivity index (χ2n) is 3.65. The van der Waals surface area contributed by atoms with Gasteiger partial charge in [-0.25, -0.2) is 9.78 Å². The fourth-order valence-electron chi connectivity index (χ4n) is 1.87. The van der Waals surface area contributed by atoms with Gasteiger partial charge in [-0.1, -0.05) is 30.1 Å². The first-order chi connectivity index (χ1) is 7.54. The zero-order valence-corrected chi connectivity index (χ0v) is 10.3. The predicted molar refractivity (Wildman–Crippen MR) is 62.4 cm³/mol. The number of pyridine rings is 1. The average Bonchev–Trinajstić information content (AvgIpc) is 2.54. The van der Waals surface area contributed by atoms with E-state index in [4.69, 9.17) is 23.2 Å². The van der Waals surface area contributed by atoms with E-state index in [1.54, 1.807) is 6.07 Å². The van der Waals surface area contributed by atoms with Crippen LogP contribution in [0.15, 0.2) is 6.07 Å². The zero-order chi connectivity index (χ0) is 11.9. The van der Waals surface area contributed by atoms with E-state index in [2.05, 4.69) is 9.72 Å². The maximum absolute atomic E-state index is 11.5. The van der Waals surface area contributed by atoms with Crippen LogP contribution in [0, 0.1) is 0 Å². The van der Waals surface area contributed by atoms with Gasteiger partial charge in [0, 0.05) is 18.0 Å². The lowest BCUT2D eigenvalue weighted by molar-refractivity contribution is 0.179. The molecule has 0 N–H and O–H groups in total. The molecule has 4 nitrogen and oxygen atoms in total. The molecular formula is C10H10Cl2N2O2. The molecule has 86 valence electrons. The number of nitrogens with zero attached hydrogens (tertiary/aromatic N) is 2. The van der Waals surface area contributed by atoms with Crippen molar-refractivity contribution >= 4 is 35.1 Å². The van der Waals surface area contributed by atoms with E-state index in [9.17, 15) is 4.79 Å². The van der Waals surface area contributed by atoms with E-state index in [-0.39, 0.29) is 11.1 Å². The molecule has 0 saturated carbocycles. The van der Waals surface area contributed by atoms with Crippen LogP contribution in [0.3, 0.4) is 0 Å². The van der Waals surface area contributed by atoms with Crippen LogP contribution in [0.4, 0.5) is 10.6 Å². The summed E-state index contributed by atoms with van der Waals surface area (Å²) < 4.78 is 4.68. The number of hydrogen-bond donors (Lipinski definition) is 0. The van der Waals surface area contributed by atoms with Crippen molar-refractivity contribution in [3.8, 4) is 0 Å². The Kier molecular flexibility index (Phi) is 2.95. The fourth-order valence-corrected chi connectivity index (χ4v) is 2.49. The number of halogens is 2. The molecule has 16 heavy (non-hydrogen) atoms. The summed E-state index contributed by atoms with van der Waals surface area (Å²) in [4.78, 5) is 17.1. The van der Waals surface area contributed by atoms with Gasteiger partial charge in [0.1, 0.15) is 11.0 Å². The van der Waals surface area contributed by atoms with Gasteiger partial charge in [-0.3, -0.25) is 4.90 Å². The van der Waals surface area contributed by atoms with Crippen molar-refractivity contribution in [1.29, 1.82) is 0 Å². The molecule has 0 saturated heterocycles. The summed E-state index contributed by atoms with van der Waals surface area (Å²) >= 11 is 11.9. The summed E-state index contributed by atoms with van der Waals surface area (Å²) in [5.74, 6) is 0.628. The van der Waals surface area contributed by atoms with Gasteiger partial charge in [-0.15, -0.1) is 0 Å². The highest BCUT2D eigenvalue weighted by Crippen LogP contribution is 2.40. The number of carbonyl (C=O) groups excluding carboxylic acids is 1. The lowest BCUT2D eigenvalue weighted by atomic mass is 10.1. The first kappa shape index (κ1) is 11.5. The summed E-state index contributed by atoms with van der Waals surface area (Å²) in [5, 5.41) is 0.806. The second-order valence-corrected chi connectivity index (χ2v) is 4.44. The van der Waals surface area contributed by atoms with Crippen molar-refractivity contribution in [1.82, 2.24) is 4.98 Å². The first-order valence-corrected chi connectivity index (χ1v) is 5.51. The van der Waals surface area contributed by atoms with Gasteiger partial charge in [0.25, 0.3) is 0 Å². The van der Waals surface area contributed by atoms with E-state index < -0.39 is 6.09 Å². The van der Waals surface area contributed by atoms with E-state index in [0.29, 0.717) is 17.4 Å². The standard InChI is InChI=1S/C10H10Cl2N2O2/c1-5-4-14(10(15)16-2)9-8(5)6(11)3-7(12)13-9/h3,5H,4H2,1-2H3. The van der Waals surface area contributed by atoms with Gasteiger partial charge in [0.15, 0.2) is 0 Å². The van der Waals surface area contributed by atoms with Crippen LogP contribution >= 0.6 is 23.2 Å². The lowest BCUT2D eigenvalue weighted by Gasteiger charge is -2.14. The Hall–Kier alpha value is -1.000. The smallest absolute Gasteiger partial charge is 0.415 e. The highest BCUT2D eigenvalue weighted by Gasteiger charge is 2.34. The number of methoxy groups -OCH3 is 1. The molecule has 1 aromatic heterocycles. The van der Waals surface area contributed by atoms with E-state index in [1.165, 1.54) is 12.0 Å². The first-order valence-electron chi connectivity index (χ1n) is 4.76. The molecule has 1 aromatic rings. The highest BCUT2D eigenvalue weighted by molar-refractivity contribution is 6.35. The topological polar surface area (TPSA) is 42.4 Å². The number of aromatic nitrogens is 1. The van der Waals surface area contributed by atoms with Gasteiger partial charge in [-0.2, -0.15) is 0 Å². The Morgan fingerprint density at radius 1 is 1.62 bits per heavy atom. The molecule has 0 fully saturated rings. The van der Waals surface area contributed by atoms with Crippen LogP contribution in [0.25, 0.3) is 0 Å². The Labute approximate surface area is 103 Å². The Balaban J connectivity index is 2.53. The maximum Gasteiger partial charge on any atom is 0.415 e. The van der Waals surface area contributed by atoms with Crippen molar-refractivity contribution in [3.05, 3.63) is 21.8 Å². The number of rotatable bonds is 0. The fraction of sp³-hybridized carbons (Fsp3) is 0.400. The summed E-state index contributed by atoms with van der Waals surface area (Å²) in [6.07, 6.45) is -0.448. The van der Waals surface area contributed by atoms with Crippen LogP contribution in [0.2, 0.25) is 10.2 Å². The van der Waals surface area contributed by atoms with Crippen molar-refractivity contribution < 1.29 is 9.53 Å². The van der Waals surface area contributed by atoms with Crippen LogP contribution in [0.1, 0.15) is 18.4 Å². The van der Waals surface area contributed by atoms with Crippen molar-refractivity contribution in [3.63, 3.8) is 0 Å². The number of amides is 1. The molecule has 1 aliphatic rings. The molecule has 1 amide bonds. The minimum absolute atomic E-state index is 0.131. The number of carbonyl (C=O) groups is 1. The van der Waals surface area contributed by atoms with Crippen molar-refractivity contribution in [2.75, 3.05) is 18.6 Å². The van der Waals surface area contributed by atoms with Crippen molar-refractivity contribution in [2.45, 2.75) is 12.8 Å². The average molecular weight is 261 g/mol. The molecule has 2 rings (SSSR count). The lowest BCUT2D eigenvalue weighted by Crippen LogP contribution is -2.29. The molecule has 0 radical (unpaired) electrons. The maximum atomic E-state index is 11.5. The van der Waals surface area contributed by atoms with Crippen LogP contribution in [-0.2, 0) is 4.74 Å². The molecular weight excluding hydrogens is 251 g/mol. The molecule has 0 aliphatic carbocycles. The zero-order valence-electron chi connectivity index (χ0n) is 8.83. The Morgan fingerprint density at radius 2 is 2.31 bits per heavy atom. The van der Waals surface area contributed by atoms with Crippen LogP contribution < -0.4 is 4.90 Å². The van der Waals surface area contributed by atoms with Crippen LogP contribution in [-0.4, -0.2) is 24.7 Å². The predicted octanol–water partition coefficient (Wildman–Crippen LogP) is 3.08. The minimum Gasteiger partial charge on any atom is -0.452 e. The summed E-state index contributed by atoms with van der Waals surface area (Å²) in [7, 11) is 1.33. The van der Waals surface area contributed by atoms with Crippen LogP contribution in [0.5, 0.6) is 0 Å². The highest BCUT2D eigenvalue weighted by atomic mass is 35.5. The van der Waals surface area contributed by atoms with Crippen molar-refractivity contribution in [2.24, 2.45) is 0 Å². The molecule has 0 aromatic carbocycles. The molecule has 0 spiro atoms. The molecule has 1 atom stereocenters. The second kappa shape index (κ2) is 4.11. The van der Waals surface area contributed by atoms with Gasteiger partial charge < -0.3 is 4.74 Å². The summed E-state index contributed by atoms with van der Waals surface area (Å²) in [6, 6.07) is 1.58. The summed E-state index contributed by atoms with van der Waals surface area (Å²) in [6.45, 7) is 2.48. The largest absolute Gasteiger partial charge is 0.452 e. The van der Waals surface area contributed by atoms with Gasteiger partial charge in [0.05, 0.1) is 12.1 Å². The monoisotopic (exact) mass is 260 g/mol. The minimum atomic E-state index is -0.448. The third-order valence-corrected chi connectivity index (χ3v) is 3.06. The van der Waals surface area contributed by atoms with Gasteiger partial charge in [-0.05, 0) is 6.07 Å². The third-order valence-electron chi connectivity index (χ3n) is 2.56. The molecule has 6 heteroatoms. The van der Waals surface area contributed by atoms with E-state index >= 15 is 0 Å². The van der Waals surface area contributed by atoms with Gasteiger partial charge >= 0.3 is 6.09 Å². The third kappa shape index (κ3) is 1.72.